The Bertz CT molecular complexity index is 906. The molecule has 2 rings (SSSR count). The van der Waals surface area contributed by atoms with Crippen molar-refractivity contribution in [2.24, 2.45) is 5.14 Å². The maximum absolute atomic E-state index is 11.7. The number of hydrogen-bond acceptors (Lipinski definition) is 7. The number of carbonyl (C=O) groups is 3. The van der Waals surface area contributed by atoms with E-state index in [1.165, 1.54) is 0 Å². The van der Waals surface area contributed by atoms with Crippen molar-refractivity contribution in [3.63, 3.8) is 0 Å². The van der Waals surface area contributed by atoms with Crippen molar-refractivity contribution >= 4 is 27.9 Å². The summed E-state index contributed by atoms with van der Waals surface area (Å²) in [5.41, 5.74) is 0.838. The molecule has 1 aromatic carbocycles. The number of hydrogen-bond donors (Lipinski definition) is 3. The van der Waals surface area contributed by atoms with Crippen molar-refractivity contribution in [3.05, 3.63) is 53.8 Å². The lowest BCUT2D eigenvalue weighted by atomic mass is 10.2. The van der Waals surface area contributed by atoms with Crippen LogP contribution in [0.15, 0.2) is 52.0 Å². The van der Waals surface area contributed by atoms with Crippen molar-refractivity contribution in [2.75, 3.05) is 6.61 Å². The maximum Gasteiger partial charge on any atom is 0.374 e. The highest BCUT2D eigenvalue weighted by Gasteiger charge is 2.19. The van der Waals surface area contributed by atoms with E-state index in [9.17, 15) is 22.8 Å². The third-order valence-corrected chi connectivity index (χ3v) is 3.73. The van der Waals surface area contributed by atoms with E-state index in [1.807, 2.05) is 11.4 Å². The van der Waals surface area contributed by atoms with Crippen LogP contribution in [0, 0.1) is 0 Å². The number of benzene rings is 1. The lowest BCUT2D eigenvalue weighted by Crippen LogP contribution is -2.41. The fourth-order valence-electron chi connectivity index (χ4n) is 1.77. The lowest BCUT2D eigenvalue weighted by molar-refractivity contribution is -0.123. The molecular formula is C15H15N3O7S. The Hall–Kier alpha value is -3.18. The van der Waals surface area contributed by atoms with E-state index in [0.29, 0.717) is 0 Å². The predicted octanol–water partition coefficient (Wildman–Crippen LogP) is 0.110. The van der Waals surface area contributed by atoms with Gasteiger partial charge < -0.3 is 14.5 Å². The molecule has 0 aliphatic heterocycles. The smallest absolute Gasteiger partial charge is 0.374 e. The van der Waals surface area contributed by atoms with Gasteiger partial charge in [-0.15, -0.1) is 0 Å². The van der Waals surface area contributed by atoms with Crippen LogP contribution in [0.1, 0.15) is 16.1 Å². The lowest BCUT2D eigenvalue weighted by Gasteiger charge is -2.07. The second-order valence-electron chi connectivity index (χ2n) is 4.96. The fraction of sp³-hybridized carbons (Fsp3) is 0.133. The van der Waals surface area contributed by atoms with E-state index in [2.05, 4.69) is 10.1 Å². The molecule has 11 heteroatoms. The summed E-state index contributed by atoms with van der Waals surface area (Å²) in [6.07, 6.45) is 0. The summed E-state index contributed by atoms with van der Waals surface area (Å²) in [5, 5.41) is 8.65. The molecule has 0 aliphatic rings. The van der Waals surface area contributed by atoms with Crippen LogP contribution in [-0.4, -0.2) is 32.9 Å². The number of carbonyl (C=O) groups excluding carboxylic acids is 3. The zero-order valence-corrected chi connectivity index (χ0v) is 14.1. The summed E-state index contributed by atoms with van der Waals surface area (Å²) >= 11 is 0. The highest BCUT2D eigenvalue weighted by atomic mass is 32.2. The van der Waals surface area contributed by atoms with Crippen molar-refractivity contribution in [3.8, 4) is 0 Å². The van der Waals surface area contributed by atoms with E-state index < -0.39 is 45.4 Å². The zero-order chi connectivity index (χ0) is 19.2. The molecule has 1 aromatic heterocycles. The second kappa shape index (κ2) is 8.27. The van der Waals surface area contributed by atoms with Gasteiger partial charge in [0, 0.05) is 6.54 Å². The fourth-order valence-corrected chi connectivity index (χ4v) is 2.23. The molecule has 0 unspecified atom stereocenters. The average molecular weight is 381 g/mol. The molecule has 0 fully saturated rings. The largest absolute Gasteiger partial charge is 0.450 e. The Morgan fingerprint density at radius 1 is 1.08 bits per heavy atom. The molecule has 10 nitrogen and oxygen atoms in total. The molecule has 3 amide bonds. The number of nitrogens with two attached hydrogens (primary N) is 1. The Morgan fingerprint density at radius 3 is 2.38 bits per heavy atom. The molecule has 0 saturated heterocycles. The normalized spacial score (nSPS) is 10.8. The number of ether oxygens (including phenoxy) is 1. The van der Waals surface area contributed by atoms with Crippen LogP contribution >= 0.6 is 0 Å². The minimum Gasteiger partial charge on any atom is -0.450 e. The number of urea groups is 1. The van der Waals surface area contributed by atoms with Crippen LogP contribution in [0.2, 0.25) is 0 Å². The van der Waals surface area contributed by atoms with Gasteiger partial charge in [0.05, 0.1) is 0 Å². The van der Waals surface area contributed by atoms with Gasteiger partial charge in [0.15, 0.2) is 6.61 Å². The number of esters is 1. The number of furan rings is 1. The Labute approximate surface area is 148 Å². The molecule has 0 aliphatic carbocycles. The number of amides is 3. The van der Waals surface area contributed by atoms with E-state index in [0.717, 1.165) is 17.7 Å². The molecule has 26 heavy (non-hydrogen) atoms. The van der Waals surface area contributed by atoms with Crippen molar-refractivity contribution in [1.29, 1.82) is 0 Å². The number of rotatable bonds is 6. The van der Waals surface area contributed by atoms with Gasteiger partial charge in [-0.2, -0.15) is 0 Å². The summed E-state index contributed by atoms with van der Waals surface area (Å²) in [7, 11) is -4.10. The van der Waals surface area contributed by atoms with Gasteiger partial charge in [-0.05, 0) is 17.7 Å². The van der Waals surface area contributed by atoms with Crippen molar-refractivity contribution in [2.45, 2.75) is 11.6 Å². The third-order valence-electron chi connectivity index (χ3n) is 2.95. The average Bonchev–Trinajstić information content (AvgIpc) is 3.09. The molecule has 0 bridgehead atoms. The number of sulfonamides is 1. The summed E-state index contributed by atoms with van der Waals surface area (Å²) in [4.78, 5) is 34.8. The van der Waals surface area contributed by atoms with E-state index >= 15 is 0 Å². The summed E-state index contributed by atoms with van der Waals surface area (Å²) < 4.78 is 31.4. The first-order chi connectivity index (χ1) is 12.3. The van der Waals surface area contributed by atoms with Crippen LogP contribution < -0.4 is 15.8 Å². The molecule has 0 spiro atoms. The molecule has 0 atom stereocenters. The maximum atomic E-state index is 11.7. The number of imide groups is 1. The van der Waals surface area contributed by atoms with Gasteiger partial charge in [0.2, 0.25) is 10.9 Å². The standard InChI is InChI=1S/C15H15N3O7S/c16-26(22,23)13-7-6-11(25-13)14(20)24-9-12(19)18-15(21)17-8-10-4-2-1-3-5-10/h1-7H,8-9H2,(H2,16,22,23)(H2,17,18,19,21). The Kier molecular flexibility index (Phi) is 6.09. The van der Waals surface area contributed by atoms with E-state index in [1.54, 1.807) is 24.3 Å². The Balaban J connectivity index is 1.76. The van der Waals surface area contributed by atoms with Gasteiger partial charge in [0.1, 0.15) is 0 Å². The third kappa shape index (κ3) is 5.72. The van der Waals surface area contributed by atoms with Gasteiger partial charge in [0.25, 0.3) is 15.9 Å². The summed E-state index contributed by atoms with van der Waals surface area (Å²) in [6.45, 7) is -0.550. The van der Waals surface area contributed by atoms with Gasteiger partial charge >= 0.3 is 12.0 Å². The highest BCUT2D eigenvalue weighted by molar-refractivity contribution is 7.89. The van der Waals surface area contributed by atoms with Gasteiger partial charge in [-0.25, -0.2) is 23.1 Å². The van der Waals surface area contributed by atoms with Crippen molar-refractivity contribution < 1.29 is 32.0 Å². The van der Waals surface area contributed by atoms with Crippen LogP contribution in [0.3, 0.4) is 0 Å². The minimum atomic E-state index is -4.10. The van der Waals surface area contributed by atoms with E-state index in [-0.39, 0.29) is 6.54 Å². The molecule has 0 radical (unpaired) electrons. The van der Waals surface area contributed by atoms with Crippen LogP contribution in [-0.2, 0) is 26.1 Å². The van der Waals surface area contributed by atoms with Gasteiger partial charge in [-0.3, -0.25) is 10.1 Å². The molecule has 0 saturated carbocycles. The minimum absolute atomic E-state index is 0.211. The monoisotopic (exact) mass is 381 g/mol. The second-order valence-corrected chi connectivity index (χ2v) is 6.45. The van der Waals surface area contributed by atoms with Crippen LogP contribution in [0.25, 0.3) is 0 Å². The quantitative estimate of drug-likeness (QED) is 0.599. The SMILES string of the molecule is NS(=O)(=O)c1ccc(C(=O)OCC(=O)NC(=O)NCc2ccccc2)o1. The first kappa shape index (κ1) is 19.1. The predicted molar refractivity (Wildman–Crippen MR) is 87.2 cm³/mol. The van der Waals surface area contributed by atoms with E-state index in [4.69, 9.17) is 9.56 Å². The Morgan fingerprint density at radius 2 is 1.77 bits per heavy atom. The molecule has 4 N–H and O–H groups in total. The first-order valence-electron chi connectivity index (χ1n) is 7.17. The van der Waals surface area contributed by atoms with Crippen LogP contribution in [0.5, 0.6) is 0 Å². The summed E-state index contributed by atoms with van der Waals surface area (Å²) in [6, 6.07) is 10.3. The summed E-state index contributed by atoms with van der Waals surface area (Å²) in [5.74, 6) is -2.41. The first-order valence-corrected chi connectivity index (χ1v) is 8.71. The van der Waals surface area contributed by atoms with Gasteiger partial charge in [-0.1, -0.05) is 30.3 Å². The highest BCUT2D eigenvalue weighted by Crippen LogP contribution is 2.13. The van der Waals surface area contributed by atoms with Crippen LogP contribution in [0.4, 0.5) is 4.79 Å². The topological polar surface area (TPSA) is 158 Å². The van der Waals surface area contributed by atoms with Crippen molar-refractivity contribution in [1.82, 2.24) is 10.6 Å². The molecule has 1 heterocycles. The zero-order valence-electron chi connectivity index (χ0n) is 13.3. The molecule has 2 aromatic rings. The molecule has 138 valence electrons. The molecular weight excluding hydrogens is 366 g/mol. The number of primary sulfonamides is 1. The number of nitrogens with one attached hydrogen (secondary N) is 2.